The van der Waals surface area contributed by atoms with Gasteiger partial charge in [0.2, 0.25) is 17.7 Å². The molecule has 1 saturated heterocycles. The van der Waals surface area contributed by atoms with Crippen molar-refractivity contribution in [1.82, 2.24) is 19.9 Å². The minimum absolute atomic E-state index is 0.00132. The molecule has 1 aliphatic rings. The summed E-state index contributed by atoms with van der Waals surface area (Å²) in [4.78, 5) is 44.0. The SMILES string of the molecule is O=C(Cc1ccccc1)Nc1cnc(OC2CCN(c3cnc(NC(=O)Cc4ccccc4)cn3)CC2)cn1. The zero-order valence-corrected chi connectivity index (χ0v) is 21.4. The van der Waals surface area contributed by atoms with Crippen molar-refractivity contribution in [2.24, 2.45) is 0 Å². The van der Waals surface area contributed by atoms with E-state index in [1.54, 1.807) is 12.4 Å². The van der Waals surface area contributed by atoms with E-state index >= 15 is 0 Å². The van der Waals surface area contributed by atoms with E-state index < -0.39 is 0 Å². The molecule has 2 aromatic heterocycles. The van der Waals surface area contributed by atoms with Crippen LogP contribution in [0.15, 0.2) is 85.5 Å². The third-order valence-electron chi connectivity index (χ3n) is 6.27. The summed E-state index contributed by atoms with van der Waals surface area (Å²) in [7, 11) is 0. The fourth-order valence-electron chi connectivity index (χ4n) is 4.30. The fourth-order valence-corrected chi connectivity index (χ4v) is 4.30. The Morgan fingerprint density at radius 1 is 0.718 bits per heavy atom. The molecule has 10 nitrogen and oxygen atoms in total. The number of nitrogens with zero attached hydrogens (tertiary/aromatic N) is 5. The number of benzene rings is 2. The first-order valence-corrected chi connectivity index (χ1v) is 12.8. The maximum Gasteiger partial charge on any atom is 0.232 e. The van der Waals surface area contributed by atoms with Crippen LogP contribution in [0.1, 0.15) is 24.0 Å². The Morgan fingerprint density at radius 2 is 1.26 bits per heavy atom. The minimum Gasteiger partial charge on any atom is -0.473 e. The number of carbonyl (C=O) groups is 2. The van der Waals surface area contributed by atoms with E-state index in [2.05, 4.69) is 35.5 Å². The van der Waals surface area contributed by atoms with Crippen molar-refractivity contribution in [1.29, 1.82) is 0 Å². The summed E-state index contributed by atoms with van der Waals surface area (Å²) in [6.07, 6.45) is 8.42. The predicted octanol–water partition coefficient (Wildman–Crippen LogP) is 3.68. The van der Waals surface area contributed by atoms with Crippen molar-refractivity contribution in [2.75, 3.05) is 28.6 Å². The van der Waals surface area contributed by atoms with Crippen LogP contribution in [0.25, 0.3) is 0 Å². The molecule has 2 aromatic carbocycles. The van der Waals surface area contributed by atoms with E-state index in [1.807, 2.05) is 60.7 Å². The Labute approximate surface area is 226 Å². The number of carbonyl (C=O) groups excluding carboxylic acids is 2. The molecule has 0 bridgehead atoms. The maximum atomic E-state index is 12.3. The highest BCUT2D eigenvalue weighted by atomic mass is 16.5. The molecule has 4 aromatic rings. The molecular formula is C29H29N7O3. The van der Waals surface area contributed by atoms with Gasteiger partial charge in [0.05, 0.1) is 37.6 Å². The molecule has 0 atom stereocenters. The van der Waals surface area contributed by atoms with Crippen molar-refractivity contribution in [2.45, 2.75) is 31.8 Å². The second-order valence-corrected chi connectivity index (χ2v) is 9.23. The molecule has 1 aliphatic heterocycles. The lowest BCUT2D eigenvalue weighted by atomic mass is 10.1. The maximum absolute atomic E-state index is 12.3. The van der Waals surface area contributed by atoms with Gasteiger partial charge >= 0.3 is 0 Å². The summed E-state index contributed by atoms with van der Waals surface area (Å²) in [5.74, 6) is 1.71. The van der Waals surface area contributed by atoms with Crippen LogP contribution in [-0.4, -0.2) is 50.9 Å². The second kappa shape index (κ2) is 12.6. The van der Waals surface area contributed by atoms with Crippen molar-refractivity contribution >= 4 is 29.3 Å². The van der Waals surface area contributed by atoms with Crippen molar-refractivity contribution < 1.29 is 14.3 Å². The summed E-state index contributed by atoms with van der Waals surface area (Å²) >= 11 is 0. The molecule has 0 radical (unpaired) electrons. The summed E-state index contributed by atoms with van der Waals surface area (Å²) < 4.78 is 6.01. The summed E-state index contributed by atoms with van der Waals surface area (Å²) in [6.45, 7) is 1.50. The zero-order chi connectivity index (χ0) is 26.9. The lowest BCUT2D eigenvalue weighted by Crippen LogP contribution is -2.38. The highest BCUT2D eigenvalue weighted by Crippen LogP contribution is 2.21. The van der Waals surface area contributed by atoms with E-state index in [-0.39, 0.29) is 30.8 Å². The molecular weight excluding hydrogens is 494 g/mol. The van der Waals surface area contributed by atoms with Gasteiger partial charge < -0.3 is 20.3 Å². The average molecular weight is 524 g/mol. The van der Waals surface area contributed by atoms with Gasteiger partial charge in [-0.25, -0.2) is 19.9 Å². The van der Waals surface area contributed by atoms with Crippen LogP contribution < -0.4 is 20.3 Å². The van der Waals surface area contributed by atoms with Crippen LogP contribution in [0.2, 0.25) is 0 Å². The summed E-state index contributed by atoms with van der Waals surface area (Å²) in [6, 6.07) is 19.1. The quantitative estimate of drug-likeness (QED) is 0.341. The number of rotatable bonds is 9. The minimum atomic E-state index is -0.151. The molecule has 0 saturated carbocycles. The lowest BCUT2D eigenvalue weighted by molar-refractivity contribution is -0.116. The van der Waals surface area contributed by atoms with Gasteiger partial charge in [0.1, 0.15) is 11.9 Å². The van der Waals surface area contributed by atoms with Gasteiger partial charge in [0.15, 0.2) is 11.6 Å². The first kappa shape index (κ1) is 25.8. The highest BCUT2D eigenvalue weighted by molar-refractivity contribution is 5.91. The van der Waals surface area contributed by atoms with E-state index in [4.69, 9.17) is 4.74 Å². The third-order valence-corrected chi connectivity index (χ3v) is 6.27. The molecule has 198 valence electrons. The number of hydrogen-bond acceptors (Lipinski definition) is 8. The van der Waals surface area contributed by atoms with Crippen LogP contribution >= 0.6 is 0 Å². The Bertz CT molecular complexity index is 1360. The van der Waals surface area contributed by atoms with Crippen molar-refractivity contribution in [3.05, 3.63) is 96.6 Å². The number of anilines is 3. The third kappa shape index (κ3) is 7.57. The highest BCUT2D eigenvalue weighted by Gasteiger charge is 2.22. The molecule has 10 heteroatoms. The Hall–Kier alpha value is -4.86. The van der Waals surface area contributed by atoms with Gasteiger partial charge in [0, 0.05) is 25.9 Å². The van der Waals surface area contributed by atoms with Crippen LogP contribution in [0.3, 0.4) is 0 Å². The molecule has 0 unspecified atom stereocenters. The average Bonchev–Trinajstić information content (AvgIpc) is 2.96. The molecule has 2 amide bonds. The van der Waals surface area contributed by atoms with Gasteiger partial charge in [-0.2, -0.15) is 0 Å². The largest absolute Gasteiger partial charge is 0.473 e. The number of aromatic nitrogens is 4. The monoisotopic (exact) mass is 523 g/mol. The lowest BCUT2D eigenvalue weighted by Gasteiger charge is -2.32. The molecule has 2 N–H and O–H groups in total. The van der Waals surface area contributed by atoms with E-state index in [1.165, 1.54) is 12.4 Å². The number of nitrogens with one attached hydrogen (secondary N) is 2. The van der Waals surface area contributed by atoms with Gasteiger partial charge in [-0.15, -0.1) is 0 Å². The smallest absolute Gasteiger partial charge is 0.232 e. The Morgan fingerprint density at radius 3 is 1.74 bits per heavy atom. The van der Waals surface area contributed by atoms with E-state index in [9.17, 15) is 9.59 Å². The number of amides is 2. The predicted molar refractivity (Wildman–Crippen MR) is 147 cm³/mol. The van der Waals surface area contributed by atoms with Gasteiger partial charge in [-0.1, -0.05) is 60.7 Å². The van der Waals surface area contributed by atoms with Crippen molar-refractivity contribution in [3.63, 3.8) is 0 Å². The first-order valence-electron chi connectivity index (χ1n) is 12.8. The molecule has 5 rings (SSSR count). The van der Waals surface area contributed by atoms with Crippen molar-refractivity contribution in [3.8, 4) is 5.88 Å². The second-order valence-electron chi connectivity index (χ2n) is 9.23. The van der Waals surface area contributed by atoms with Crippen LogP contribution in [0.5, 0.6) is 5.88 Å². The topological polar surface area (TPSA) is 122 Å². The van der Waals surface area contributed by atoms with Gasteiger partial charge in [0.25, 0.3) is 0 Å². The van der Waals surface area contributed by atoms with E-state index in [0.29, 0.717) is 17.5 Å². The van der Waals surface area contributed by atoms with Gasteiger partial charge in [-0.3, -0.25) is 9.59 Å². The van der Waals surface area contributed by atoms with E-state index in [0.717, 1.165) is 42.9 Å². The molecule has 1 fully saturated rings. The molecule has 3 heterocycles. The molecule has 39 heavy (non-hydrogen) atoms. The Kier molecular flexibility index (Phi) is 8.32. The number of hydrogen-bond donors (Lipinski definition) is 2. The number of piperidine rings is 1. The molecule has 0 aliphatic carbocycles. The normalized spacial score (nSPS) is 13.5. The van der Waals surface area contributed by atoms with Crippen LogP contribution in [0, 0.1) is 0 Å². The van der Waals surface area contributed by atoms with Crippen LogP contribution in [-0.2, 0) is 22.4 Å². The van der Waals surface area contributed by atoms with Gasteiger partial charge in [-0.05, 0) is 11.1 Å². The first-order chi connectivity index (χ1) is 19.1. The Balaban J connectivity index is 1.05. The fraction of sp³-hybridized carbons (Fsp3) is 0.241. The molecule has 0 spiro atoms. The summed E-state index contributed by atoms with van der Waals surface area (Å²) in [5, 5.41) is 5.55. The summed E-state index contributed by atoms with van der Waals surface area (Å²) in [5.41, 5.74) is 1.87. The standard InChI is InChI=1S/C29H29N7O3/c37-27(15-21-7-3-1-4-8-21)34-24-17-32-26(19-30-24)36-13-11-23(12-14-36)39-29-20-31-25(18-33-29)35-28(38)16-22-9-5-2-6-10-22/h1-10,17-20,23H,11-16H2,(H,30,34,37)(H,31,35,38). The zero-order valence-electron chi connectivity index (χ0n) is 21.4. The number of ether oxygens (including phenoxy) is 1. The van der Waals surface area contributed by atoms with Crippen LogP contribution in [0.4, 0.5) is 17.5 Å².